The Morgan fingerprint density at radius 3 is 2.33 bits per heavy atom. The van der Waals surface area contributed by atoms with Gasteiger partial charge in [0, 0.05) is 9.75 Å². The lowest BCUT2D eigenvalue weighted by atomic mass is 9.88. The van der Waals surface area contributed by atoms with Crippen LogP contribution < -0.4 is 20.5 Å². The zero-order valence-electron chi connectivity index (χ0n) is 15.9. The molecule has 2 N–H and O–H groups in total. The van der Waals surface area contributed by atoms with Crippen LogP contribution in [0.4, 0.5) is 0 Å². The van der Waals surface area contributed by atoms with Gasteiger partial charge in [-0.2, -0.15) is 0 Å². The molecule has 0 aromatic carbocycles. The molecule has 154 valence electrons. The summed E-state index contributed by atoms with van der Waals surface area (Å²) >= 11 is 3.99. The van der Waals surface area contributed by atoms with Crippen molar-refractivity contribution in [1.29, 1.82) is 0 Å². The second-order valence-corrected chi connectivity index (χ2v) is 9.21. The molecule has 0 radical (unpaired) electrons. The predicted octanol–water partition coefficient (Wildman–Crippen LogP) is 1.28. The fourth-order valence-corrected chi connectivity index (χ4v) is 6.04. The van der Waals surface area contributed by atoms with Crippen molar-refractivity contribution in [3.05, 3.63) is 69.9 Å². The lowest BCUT2D eigenvalue weighted by Gasteiger charge is -2.25. The molecule has 0 aliphatic carbocycles. The number of hydrogen-bond acceptors (Lipinski definition) is 9. The van der Waals surface area contributed by atoms with Gasteiger partial charge in [-0.25, -0.2) is 9.59 Å². The van der Waals surface area contributed by atoms with Gasteiger partial charge in [-0.1, -0.05) is 12.1 Å². The van der Waals surface area contributed by atoms with Gasteiger partial charge in [0.15, 0.2) is 0 Å². The van der Waals surface area contributed by atoms with Gasteiger partial charge >= 0.3 is 11.9 Å². The molecule has 30 heavy (non-hydrogen) atoms. The third-order valence-corrected chi connectivity index (χ3v) is 7.47. The summed E-state index contributed by atoms with van der Waals surface area (Å²) in [5.41, 5.74) is 6.14. The van der Waals surface area contributed by atoms with Crippen LogP contribution in [0, 0.1) is 0 Å². The van der Waals surface area contributed by atoms with Gasteiger partial charge in [-0.15, -0.1) is 34.0 Å². The quantitative estimate of drug-likeness (QED) is 0.589. The van der Waals surface area contributed by atoms with Crippen molar-refractivity contribution >= 4 is 63.4 Å². The Balaban J connectivity index is 2.14. The first-order chi connectivity index (χ1) is 14.5. The summed E-state index contributed by atoms with van der Waals surface area (Å²) in [7, 11) is 2.49. The number of aromatic nitrogens is 1. The Morgan fingerprint density at radius 1 is 1.07 bits per heavy atom. The molecule has 7 nitrogen and oxygen atoms in total. The van der Waals surface area contributed by atoms with Gasteiger partial charge in [0.1, 0.15) is 10.5 Å². The number of ether oxygens (including phenoxy) is 2. The molecule has 0 bridgehead atoms. The summed E-state index contributed by atoms with van der Waals surface area (Å²) in [6, 6.07) is 7.37. The first-order valence-corrected chi connectivity index (χ1v) is 11.3. The molecule has 0 saturated heterocycles. The van der Waals surface area contributed by atoms with E-state index in [9.17, 15) is 14.4 Å². The second-order valence-electron chi connectivity index (χ2n) is 6.22. The van der Waals surface area contributed by atoms with Crippen LogP contribution in [-0.4, -0.2) is 30.7 Å². The summed E-state index contributed by atoms with van der Waals surface area (Å²) in [4.78, 5) is 40.3. The molecule has 1 atom stereocenters. The predicted molar refractivity (Wildman–Crippen MR) is 118 cm³/mol. The number of thiazole rings is 1. The summed E-state index contributed by atoms with van der Waals surface area (Å²) < 4.78 is 11.9. The van der Waals surface area contributed by atoms with Crippen molar-refractivity contribution in [3.8, 4) is 0 Å². The van der Waals surface area contributed by atoms with Crippen LogP contribution in [0.5, 0.6) is 0 Å². The molecule has 3 aromatic heterocycles. The van der Waals surface area contributed by atoms with Gasteiger partial charge in [-0.3, -0.25) is 9.36 Å². The van der Waals surface area contributed by atoms with E-state index in [0.29, 0.717) is 9.20 Å². The highest BCUT2D eigenvalue weighted by molar-refractivity contribution is 7.11. The zero-order valence-corrected chi connectivity index (χ0v) is 18.4. The number of hydrogen-bond donors (Lipinski definition) is 1. The number of methoxy groups -OCH3 is 2. The second kappa shape index (κ2) is 8.05. The molecular formula is C20H16N2O5S3. The minimum atomic E-state index is -0.794. The van der Waals surface area contributed by atoms with E-state index in [1.807, 2.05) is 29.0 Å². The average Bonchev–Trinajstić information content (AvgIpc) is 3.50. The minimum Gasteiger partial charge on any atom is -0.466 e. The van der Waals surface area contributed by atoms with Crippen LogP contribution in [0.25, 0.3) is 17.5 Å². The topological polar surface area (TPSA) is 101 Å². The largest absolute Gasteiger partial charge is 0.466 e. The average molecular weight is 461 g/mol. The Labute approximate surface area is 182 Å². The van der Waals surface area contributed by atoms with Gasteiger partial charge in [-0.05, 0) is 29.0 Å². The number of carbonyl (C=O) groups excluding carboxylic acids is 2. The van der Waals surface area contributed by atoms with E-state index in [2.05, 4.69) is 0 Å². The Morgan fingerprint density at radius 2 is 1.73 bits per heavy atom. The molecule has 0 fully saturated rings. The smallest absolute Gasteiger partial charge is 0.338 e. The number of rotatable bonds is 4. The van der Waals surface area contributed by atoms with Crippen molar-refractivity contribution in [3.63, 3.8) is 0 Å². The fraction of sp³-hybridized carbons (Fsp3) is 0.150. The molecule has 0 saturated carbocycles. The SMILES string of the molecule is COC(=O)C1=C(N)n2c(s/c(=C/c3cccs3)c2=O)=C(C(=O)OC)[C@@H]1c1cccs1. The molecule has 4 heterocycles. The number of esters is 2. The van der Waals surface area contributed by atoms with Gasteiger partial charge in [0.25, 0.3) is 5.56 Å². The molecule has 0 amide bonds. The van der Waals surface area contributed by atoms with Crippen LogP contribution in [0.3, 0.4) is 0 Å². The maximum absolute atomic E-state index is 13.2. The standard InChI is InChI=1S/C20H16N2O5S3/c1-26-19(24)14-13(11-6-4-8-29-11)15(20(25)27-2)18-22(16(14)21)17(23)12(30-18)9-10-5-3-7-28-10/h3-9,13H,21H2,1-2H3/b12-9+/t13-/m1/s1. The van der Waals surface area contributed by atoms with Gasteiger partial charge < -0.3 is 15.2 Å². The van der Waals surface area contributed by atoms with E-state index < -0.39 is 23.4 Å². The number of nitrogens with zero attached hydrogens (tertiary/aromatic N) is 1. The van der Waals surface area contributed by atoms with Crippen molar-refractivity contribution in [2.45, 2.75) is 5.92 Å². The number of nitrogens with two attached hydrogens (primary N) is 1. The van der Waals surface area contributed by atoms with Gasteiger partial charge in [0.2, 0.25) is 0 Å². The highest BCUT2D eigenvalue weighted by Gasteiger charge is 2.40. The molecule has 0 spiro atoms. The zero-order chi connectivity index (χ0) is 21.4. The summed E-state index contributed by atoms with van der Waals surface area (Å²) in [5, 5.41) is 3.74. The van der Waals surface area contributed by atoms with Crippen LogP contribution in [0.15, 0.2) is 45.4 Å². The van der Waals surface area contributed by atoms with E-state index in [1.165, 1.54) is 41.5 Å². The molecule has 0 unspecified atom stereocenters. The summed E-state index contributed by atoms with van der Waals surface area (Å²) in [6.07, 6.45) is 1.74. The van der Waals surface area contributed by atoms with Crippen molar-refractivity contribution in [1.82, 2.24) is 4.57 Å². The molecule has 1 aliphatic heterocycles. The summed E-state index contributed by atoms with van der Waals surface area (Å²) in [5.74, 6) is -2.19. The first-order valence-electron chi connectivity index (χ1n) is 8.69. The normalized spacial score (nSPS) is 16.5. The van der Waals surface area contributed by atoms with Crippen molar-refractivity contribution < 1.29 is 19.1 Å². The molecule has 3 aromatic rings. The summed E-state index contributed by atoms with van der Waals surface area (Å²) in [6.45, 7) is 0. The number of thiophene rings is 2. The van der Waals surface area contributed by atoms with Crippen LogP contribution >= 0.6 is 34.0 Å². The van der Waals surface area contributed by atoms with Crippen LogP contribution in [-0.2, 0) is 19.1 Å². The Kier molecular flexibility index (Phi) is 5.46. The van der Waals surface area contributed by atoms with Crippen molar-refractivity contribution in [2.24, 2.45) is 5.73 Å². The highest BCUT2D eigenvalue weighted by atomic mass is 32.1. The Bertz CT molecular complexity index is 1330. The monoisotopic (exact) mass is 460 g/mol. The van der Waals surface area contributed by atoms with E-state index >= 15 is 0 Å². The van der Waals surface area contributed by atoms with Crippen LogP contribution in [0.2, 0.25) is 0 Å². The Hall–Kier alpha value is -2.95. The van der Waals surface area contributed by atoms with Crippen molar-refractivity contribution in [2.75, 3.05) is 14.2 Å². The number of carbonyl (C=O) groups is 2. The maximum Gasteiger partial charge on any atom is 0.338 e. The van der Waals surface area contributed by atoms with E-state index in [-0.39, 0.29) is 17.0 Å². The lowest BCUT2D eigenvalue weighted by molar-refractivity contribution is -0.136. The van der Waals surface area contributed by atoms with Gasteiger partial charge in [0.05, 0.1) is 35.8 Å². The molecule has 4 rings (SSSR count). The van der Waals surface area contributed by atoms with E-state index in [0.717, 1.165) is 21.1 Å². The molecule has 10 heteroatoms. The highest BCUT2D eigenvalue weighted by Crippen LogP contribution is 2.39. The van der Waals surface area contributed by atoms with E-state index in [1.54, 1.807) is 12.1 Å². The van der Waals surface area contributed by atoms with Crippen LogP contribution in [0.1, 0.15) is 15.7 Å². The maximum atomic E-state index is 13.2. The number of fused-ring (bicyclic) bond motifs is 1. The van der Waals surface area contributed by atoms with E-state index in [4.69, 9.17) is 15.2 Å². The molecular weight excluding hydrogens is 444 g/mol. The first kappa shape index (κ1) is 20.3. The third-order valence-electron chi connectivity index (χ3n) is 4.60. The minimum absolute atomic E-state index is 0.0374. The lowest BCUT2D eigenvalue weighted by Crippen LogP contribution is -2.41. The molecule has 1 aliphatic rings. The fourth-order valence-electron chi connectivity index (χ4n) is 3.31. The third kappa shape index (κ3) is 3.22.